The monoisotopic (exact) mass is 299 g/mol. The van der Waals surface area contributed by atoms with Gasteiger partial charge >= 0.3 is 5.69 Å². The highest BCUT2D eigenvalue weighted by molar-refractivity contribution is 5.95. The van der Waals surface area contributed by atoms with Crippen LogP contribution < -0.4 is 5.32 Å². The van der Waals surface area contributed by atoms with E-state index in [1.165, 1.54) is 0 Å². The second-order valence-corrected chi connectivity index (χ2v) is 4.82. The van der Waals surface area contributed by atoms with Gasteiger partial charge in [-0.15, -0.1) is 0 Å². The summed E-state index contributed by atoms with van der Waals surface area (Å²) in [5.74, 6) is -3.54. The average molecular weight is 299 g/mol. The fourth-order valence-electron chi connectivity index (χ4n) is 2.31. The first-order valence-corrected chi connectivity index (χ1v) is 6.63. The molecule has 6 nitrogen and oxygen atoms in total. The van der Waals surface area contributed by atoms with E-state index in [-0.39, 0.29) is 6.54 Å². The van der Waals surface area contributed by atoms with Crippen molar-refractivity contribution in [2.24, 2.45) is 0 Å². The quantitative estimate of drug-likeness (QED) is 0.663. The van der Waals surface area contributed by atoms with Crippen molar-refractivity contribution >= 4 is 11.6 Å². The van der Waals surface area contributed by atoms with Gasteiger partial charge < -0.3 is 10.2 Å². The number of nitrogens with one attached hydrogen (secondary N) is 1. The summed E-state index contributed by atoms with van der Waals surface area (Å²) in [4.78, 5) is 23.5. The summed E-state index contributed by atoms with van der Waals surface area (Å²) in [6.45, 7) is 2.70. The number of hydrogen-bond donors (Lipinski definition) is 1. The number of carbonyl (C=O) groups is 1. The molecule has 1 amide bonds. The molecular weight excluding hydrogens is 284 g/mol. The van der Waals surface area contributed by atoms with Crippen LogP contribution in [0.4, 0.5) is 14.5 Å². The van der Waals surface area contributed by atoms with Gasteiger partial charge in [0.25, 0.3) is 5.91 Å². The summed E-state index contributed by atoms with van der Waals surface area (Å²) >= 11 is 0. The number of nitro groups is 1. The Bertz CT molecular complexity index is 560. The number of halogens is 2. The number of carbonyl (C=O) groups excluding carboxylic acids is 1. The van der Waals surface area contributed by atoms with E-state index >= 15 is 0 Å². The lowest BCUT2D eigenvalue weighted by Gasteiger charge is -2.14. The number of rotatable bonds is 5. The first-order valence-electron chi connectivity index (χ1n) is 6.63. The summed E-state index contributed by atoms with van der Waals surface area (Å²) in [5.41, 5.74) is -1.83. The zero-order chi connectivity index (χ0) is 15.4. The highest BCUT2D eigenvalue weighted by Gasteiger charge is 2.26. The topological polar surface area (TPSA) is 75.5 Å². The number of nitro benzene ring substituents is 1. The van der Waals surface area contributed by atoms with Crippen molar-refractivity contribution in [1.82, 2.24) is 10.2 Å². The van der Waals surface area contributed by atoms with Gasteiger partial charge in [0.2, 0.25) is 5.82 Å². The SMILES string of the molecule is O=C(NCCN1CCCC1)c1c(F)ccc([N+](=O)[O-])c1F. The molecule has 1 heterocycles. The Morgan fingerprint density at radius 3 is 2.62 bits per heavy atom. The standard InChI is InChI=1S/C13H15F2N3O3/c14-9-3-4-10(18(20)21)12(15)11(9)13(19)16-5-8-17-6-1-2-7-17/h3-4H,1-2,5-8H2,(H,16,19). The number of amides is 1. The lowest BCUT2D eigenvalue weighted by Crippen LogP contribution is -2.34. The number of benzene rings is 1. The predicted octanol–water partition coefficient (Wildman–Crippen LogP) is 1.70. The Balaban J connectivity index is 2.04. The predicted molar refractivity (Wildman–Crippen MR) is 71.0 cm³/mol. The van der Waals surface area contributed by atoms with Gasteiger partial charge in [-0.2, -0.15) is 4.39 Å². The van der Waals surface area contributed by atoms with Gasteiger partial charge in [-0.25, -0.2) is 4.39 Å². The summed E-state index contributed by atoms with van der Waals surface area (Å²) in [7, 11) is 0. The van der Waals surface area contributed by atoms with Gasteiger partial charge in [0.1, 0.15) is 11.4 Å². The molecule has 1 aliphatic rings. The van der Waals surface area contributed by atoms with Gasteiger partial charge in [0, 0.05) is 19.2 Å². The average Bonchev–Trinajstić information content (AvgIpc) is 2.91. The van der Waals surface area contributed by atoms with Crippen LogP contribution in [-0.4, -0.2) is 41.9 Å². The third-order valence-corrected chi connectivity index (χ3v) is 3.41. The molecule has 0 radical (unpaired) electrons. The lowest BCUT2D eigenvalue weighted by atomic mass is 10.1. The summed E-state index contributed by atoms with van der Waals surface area (Å²) in [6.07, 6.45) is 2.20. The van der Waals surface area contributed by atoms with Crippen LogP contribution in [0.1, 0.15) is 23.2 Å². The molecular formula is C13H15F2N3O3. The van der Waals surface area contributed by atoms with Crippen molar-refractivity contribution in [1.29, 1.82) is 0 Å². The molecule has 1 aromatic rings. The molecule has 0 aromatic heterocycles. The highest BCUT2D eigenvalue weighted by Crippen LogP contribution is 2.22. The molecule has 0 aliphatic carbocycles. The Morgan fingerprint density at radius 1 is 1.33 bits per heavy atom. The Kier molecular flexibility index (Phi) is 4.79. The fraction of sp³-hybridized carbons (Fsp3) is 0.462. The summed E-state index contributed by atoms with van der Waals surface area (Å²) in [6, 6.07) is 1.42. The number of likely N-dealkylation sites (tertiary alicyclic amines) is 1. The zero-order valence-electron chi connectivity index (χ0n) is 11.3. The molecule has 1 fully saturated rings. The Labute approximate surface area is 119 Å². The van der Waals surface area contributed by atoms with Crippen molar-refractivity contribution in [3.63, 3.8) is 0 Å². The number of nitrogens with zero attached hydrogens (tertiary/aromatic N) is 2. The van der Waals surface area contributed by atoms with E-state index in [1.54, 1.807) is 0 Å². The molecule has 0 saturated carbocycles. The van der Waals surface area contributed by atoms with Crippen LogP contribution in [0.25, 0.3) is 0 Å². The molecule has 1 saturated heterocycles. The second-order valence-electron chi connectivity index (χ2n) is 4.82. The van der Waals surface area contributed by atoms with Gasteiger partial charge in [-0.05, 0) is 32.0 Å². The normalized spacial score (nSPS) is 15.1. The molecule has 1 aliphatic heterocycles. The molecule has 0 spiro atoms. The van der Waals surface area contributed by atoms with Crippen molar-refractivity contribution in [3.05, 3.63) is 39.4 Å². The molecule has 2 rings (SSSR count). The van der Waals surface area contributed by atoms with Gasteiger partial charge in [0.05, 0.1) is 4.92 Å². The van der Waals surface area contributed by atoms with Crippen molar-refractivity contribution in [3.8, 4) is 0 Å². The molecule has 0 bridgehead atoms. The molecule has 21 heavy (non-hydrogen) atoms. The maximum Gasteiger partial charge on any atom is 0.305 e. The van der Waals surface area contributed by atoms with Crippen molar-refractivity contribution in [2.75, 3.05) is 26.2 Å². The van der Waals surface area contributed by atoms with Crippen molar-refractivity contribution < 1.29 is 18.5 Å². The molecule has 0 unspecified atom stereocenters. The summed E-state index contributed by atoms with van der Waals surface area (Å²) in [5, 5.41) is 13.0. The molecule has 1 N–H and O–H groups in total. The third kappa shape index (κ3) is 3.52. The minimum absolute atomic E-state index is 0.237. The van der Waals surface area contributed by atoms with E-state index < -0.39 is 33.7 Å². The van der Waals surface area contributed by atoms with E-state index in [1.807, 2.05) is 0 Å². The highest BCUT2D eigenvalue weighted by atomic mass is 19.1. The van der Waals surface area contributed by atoms with Crippen LogP contribution in [0, 0.1) is 21.7 Å². The molecule has 0 atom stereocenters. The second kappa shape index (κ2) is 6.57. The van der Waals surface area contributed by atoms with Gasteiger partial charge in [-0.3, -0.25) is 14.9 Å². The first kappa shape index (κ1) is 15.3. The van der Waals surface area contributed by atoms with E-state index in [9.17, 15) is 23.7 Å². The van der Waals surface area contributed by atoms with Gasteiger partial charge in [-0.1, -0.05) is 0 Å². The Morgan fingerprint density at radius 2 is 2.00 bits per heavy atom. The maximum absolute atomic E-state index is 13.8. The largest absolute Gasteiger partial charge is 0.351 e. The molecule has 8 heteroatoms. The smallest absolute Gasteiger partial charge is 0.305 e. The van der Waals surface area contributed by atoms with E-state index in [0.717, 1.165) is 32.0 Å². The Hall–Kier alpha value is -2.09. The minimum Gasteiger partial charge on any atom is -0.351 e. The molecule has 114 valence electrons. The van der Waals surface area contributed by atoms with Crippen molar-refractivity contribution in [2.45, 2.75) is 12.8 Å². The number of hydrogen-bond acceptors (Lipinski definition) is 4. The molecule has 1 aromatic carbocycles. The van der Waals surface area contributed by atoms with Crippen LogP contribution >= 0.6 is 0 Å². The van der Waals surface area contributed by atoms with Crippen LogP contribution in [0.3, 0.4) is 0 Å². The van der Waals surface area contributed by atoms with E-state index in [0.29, 0.717) is 12.6 Å². The lowest BCUT2D eigenvalue weighted by molar-refractivity contribution is -0.387. The van der Waals surface area contributed by atoms with Crippen LogP contribution in [0.2, 0.25) is 0 Å². The fourth-order valence-corrected chi connectivity index (χ4v) is 2.31. The van der Waals surface area contributed by atoms with Crippen LogP contribution in [0.5, 0.6) is 0 Å². The first-order chi connectivity index (χ1) is 10.0. The van der Waals surface area contributed by atoms with Gasteiger partial charge in [0.15, 0.2) is 0 Å². The van der Waals surface area contributed by atoms with Crippen LogP contribution in [-0.2, 0) is 0 Å². The van der Waals surface area contributed by atoms with E-state index in [4.69, 9.17) is 0 Å². The van der Waals surface area contributed by atoms with E-state index in [2.05, 4.69) is 10.2 Å². The van der Waals surface area contributed by atoms with Crippen LogP contribution in [0.15, 0.2) is 12.1 Å². The zero-order valence-corrected chi connectivity index (χ0v) is 11.3. The summed E-state index contributed by atoms with van der Waals surface area (Å²) < 4.78 is 27.3. The maximum atomic E-state index is 13.8. The third-order valence-electron chi connectivity index (χ3n) is 3.41. The minimum atomic E-state index is -1.45.